The van der Waals surface area contributed by atoms with Crippen LogP contribution in [0.2, 0.25) is 0 Å². The fraction of sp³-hybridized carbons (Fsp3) is 0.667. The number of nitrogens with one attached hydrogen (secondary N) is 2. The van der Waals surface area contributed by atoms with Crippen molar-refractivity contribution in [3.8, 4) is 0 Å². The van der Waals surface area contributed by atoms with Crippen molar-refractivity contribution in [3.63, 3.8) is 0 Å². The first kappa shape index (κ1) is 24.2. The molecule has 2 unspecified atom stereocenters. The lowest BCUT2D eigenvalue weighted by molar-refractivity contribution is 0.0169. The lowest BCUT2D eigenvalue weighted by Gasteiger charge is -2.24. The van der Waals surface area contributed by atoms with Crippen molar-refractivity contribution in [1.82, 2.24) is 10.6 Å². The number of halogens is 1. The predicted octanol–water partition coefficient (Wildman–Crippen LogP) is 3.53. The second kappa shape index (κ2) is 14.2. The zero-order valence-electron chi connectivity index (χ0n) is 16.7. The standard InChI is InChI=1S/C21H35N3O2.HI/c1-3-26-20(18-11-7-8-12-18)13-14-23-21(22-2)24-15-19(16-25)17-9-5-4-6-10-17;/h4-6,9-10,18-20,25H,3,7-8,11-16H2,1-2H3,(H2,22,23,24);1H. The van der Waals surface area contributed by atoms with E-state index in [9.17, 15) is 5.11 Å². The Balaban J connectivity index is 0.00000364. The molecule has 1 fully saturated rings. The van der Waals surface area contributed by atoms with Crippen molar-refractivity contribution in [1.29, 1.82) is 0 Å². The Morgan fingerprint density at radius 3 is 2.52 bits per heavy atom. The summed E-state index contributed by atoms with van der Waals surface area (Å²) in [5, 5.41) is 16.4. The Morgan fingerprint density at radius 2 is 1.93 bits per heavy atom. The third-order valence-electron chi connectivity index (χ3n) is 5.26. The highest BCUT2D eigenvalue weighted by atomic mass is 127. The molecule has 1 aromatic rings. The number of guanidine groups is 1. The zero-order valence-corrected chi connectivity index (χ0v) is 19.0. The largest absolute Gasteiger partial charge is 0.396 e. The van der Waals surface area contributed by atoms with Crippen LogP contribution in [0.5, 0.6) is 0 Å². The number of ether oxygens (including phenoxy) is 1. The monoisotopic (exact) mass is 489 g/mol. The number of rotatable bonds is 10. The van der Waals surface area contributed by atoms with Crippen molar-refractivity contribution < 1.29 is 9.84 Å². The topological polar surface area (TPSA) is 65.9 Å². The van der Waals surface area contributed by atoms with Gasteiger partial charge in [-0.05, 0) is 37.7 Å². The first-order chi connectivity index (χ1) is 12.8. The van der Waals surface area contributed by atoms with Crippen LogP contribution in [-0.4, -0.2) is 50.5 Å². The van der Waals surface area contributed by atoms with Gasteiger partial charge in [0.15, 0.2) is 5.96 Å². The van der Waals surface area contributed by atoms with E-state index in [4.69, 9.17) is 4.74 Å². The van der Waals surface area contributed by atoms with Crippen LogP contribution in [0.15, 0.2) is 35.3 Å². The molecule has 1 saturated carbocycles. The van der Waals surface area contributed by atoms with Crippen LogP contribution in [0.3, 0.4) is 0 Å². The second-order valence-electron chi connectivity index (χ2n) is 7.00. The summed E-state index contributed by atoms with van der Waals surface area (Å²) in [5.74, 6) is 1.55. The third-order valence-corrected chi connectivity index (χ3v) is 5.26. The van der Waals surface area contributed by atoms with E-state index in [0.29, 0.717) is 18.6 Å². The molecule has 0 aromatic heterocycles. The van der Waals surface area contributed by atoms with Crippen LogP contribution < -0.4 is 10.6 Å². The average molecular weight is 489 g/mol. The van der Waals surface area contributed by atoms with Crippen LogP contribution >= 0.6 is 24.0 Å². The van der Waals surface area contributed by atoms with E-state index in [0.717, 1.165) is 31.1 Å². The summed E-state index contributed by atoms with van der Waals surface area (Å²) in [6, 6.07) is 10.1. The molecule has 0 saturated heterocycles. The Kier molecular flexibility index (Phi) is 12.7. The van der Waals surface area contributed by atoms with Gasteiger partial charge in [-0.25, -0.2) is 0 Å². The fourth-order valence-electron chi connectivity index (χ4n) is 3.78. The van der Waals surface area contributed by atoms with Gasteiger partial charge < -0.3 is 20.5 Å². The normalized spacial score (nSPS) is 17.2. The van der Waals surface area contributed by atoms with E-state index < -0.39 is 0 Å². The fourth-order valence-corrected chi connectivity index (χ4v) is 3.78. The van der Waals surface area contributed by atoms with Gasteiger partial charge in [-0.2, -0.15) is 0 Å². The molecule has 5 nitrogen and oxygen atoms in total. The van der Waals surface area contributed by atoms with E-state index in [1.165, 1.54) is 25.7 Å². The Morgan fingerprint density at radius 1 is 1.22 bits per heavy atom. The summed E-state index contributed by atoms with van der Waals surface area (Å²) in [4.78, 5) is 4.30. The summed E-state index contributed by atoms with van der Waals surface area (Å²) in [6.07, 6.45) is 6.63. The lowest BCUT2D eigenvalue weighted by atomic mass is 9.98. The van der Waals surface area contributed by atoms with Crippen LogP contribution in [0, 0.1) is 5.92 Å². The molecular formula is C21H36IN3O2. The molecule has 1 aromatic carbocycles. The molecule has 2 atom stereocenters. The summed E-state index contributed by atoms with van der Waals surface area (Å²) in [7, 11) is 1.78. The SMILES string of the molecule is CCOC(CCNC(=NC)NCC(CO)c1ccccc1)C1CCCC1.I. The molecule has 0 spiro atoms. The molecule has 3 N–H and O–H groups in total. The van der Waals surface area contributed by atoms with Crippen molar-refractivity contribution in [3.05, 3.63) is 35.9 Å². The number of benzene rings is 1. The van der Waals surface area contributed by atoms with E-state index in [1.54, 1.807) is 7.05 Å². The zero-order chi connectivity index (χ0) is 18.6. The Labute approximate surface area is 181 Å². The minimum absolute atomic E-state index is 0. The molecule has 1 aliphatic rings. The van der Waals surface area contributed by atoms with Crippen LogP contribution in [0.4, 0.5) is 0 Å². The van der Waals surface area contributed by atoms with Gasteiger partial charge in [0.05, 0.1) is 12.7 Å². The van der Waals surface area contributed by atoms with Gasteiger partial charge in [-0.15, -0.1) is 24.0 Å². The minimum Gasteiger partial charge on any atom is -0.396 e. The highest BCUT2D eigenvalue weighted by Gasteiger charge is 2.25. The molecule has 0 radical (unpaired) electrons. The Bertz CT molecular complexity index is 521. The number of aliphatic hydroxyl groups is 1. The van der Waals surface area contributed by atoms with Crippen molar-refractivity contribution >= 4 is 29.9 Å². The quantitative estimate of drug-likeness (QED) is 0.267. The van der Waals surface area contributed by atoms with E-state index >= 15 is 0 Å². The van der Waals surface area contributed by atoms with Crippen LogP contribution in [0.1, 0.15) is 50.5 Å². The maximum atomic E-state index is 9.68. The molecule has 0 aliphatic heterocycles. The molecular weight excluding hydrogens is 453 g/mol. The molecule has 1 aliphatic carbocycles. The van der Waals surface area contributed by atoms with E-state index in [-0.39, 0.29) is 36.5 Å². The lowest BCUT2D eigenvalue weighted by Crippen LogP contribution is -2.41. The van der Waals surface area contributed by atoms with Gasteiger partial charge in [0.25, 0.3) is 0 Å². The maximum absolute atomic E-state index is 9.68. The third kappa shape index (κ3) is 8.35. The van der Waals surface area contributed by atoms with Crippen molar-refractivity contribution in [2.45, 2.75) is 51.0 Å². The molecule has 0 bridgehead atoms. The average Bonchev–Trinajstić information content (AvgIpc) is 3.21. The number of hydrogen-bond acceptors (Lipinski definition) is 3. The number of nitrogens with zero attached hydrogens (tertiary/aromatic N) is 1. The molecule has 27 heavy (non-hydrogen) atoms. The smallest absolute Gasteiger partial charge is 0.191 e. The van der Waals surface area contributed by atoms with Gasteiger partial charge in [-0.1, -0.05) is 43.2 Å². The minimum atomic E-state index is 0. The van der Waals surface area contributed by atoms with Gasteiger partial charge in [0.1, 0.15) is 0 Å². The molecule has 154 valence electrons. The second-order valence-corrected chi connectivity index (χ2v) is 7.00. The van der Waals surface area contributed by atoms with Crippen LogP contribution in [0.25, 0.3) is 0 Å². The van der Waals surface area contributed by atoms with Gasteiger partial charge >= 0.3 is 0 Å². The van der Waals surface area contributed by atoms with E-state index in [1.807, 2.05) is 30.3 Å². The molecule has 0 heterocycles. The maximum Gasteiger partial charge on any atom is 0.191 e. The molecule has 2 rings (SSSR count). The highest BCUT2D eigenvalue weighted by Crippen LogP contribution is 2.30. The predicted molar refractivity (Wildman–Crippen MR) is 123 cm³/mol. The van der Waals surface area contributed by atoms with Crippen molar-refractivity contribution in [2.75, 3.05) is 33.4 Å². The van der Waals surface area contributed by atoms with E-state index in [2.05, 4.69) is 22.5 Å². The summed E-state index contributed by atoms with van der Waals surface area (Å²) < 4.78 is 5.98. The van der Waals surface area contributed by atoms with Crippen LogP contribution in [-0.2, 0) is 4.74 Å². The van der Waals surface area contributed by atoms with Gasteiger partial charge in [0.2, 0.25) is 0 Å². The first-order valence-corrected chi connectivity index (χ1v) is 10.00. The molecule has 0 amide bonds. The number of aliphatic hydroxyl groups excluding tert-OH is 1. The summed E-state index contributed by atoms with van der Waals surface area (Å²) in [5.41, 5.74) is 1.13. The van der Waals surface area contributed by atoms with Crippen molar-refractivity contribution in [2.24, 2.45) is 10.9 Å². The summed E-state index contributed by atoms with van der Waals surface area (Å²) in [6.45, 7) is 4.47. The first-order valence-electron chi connectivity index (χ1n) is 10.00. The van der Waals surface area contributed by atoms with Gasteiger partial charge in [-0.3, -0.25) is 4.99 Å². The summed E-state index contributed by atoms with van der Waals surface area (Å²) >= 11 is 0. The number of aliphatic imine (C=N–C) groups is 1. The molecule has 6 heteroatoms. The Hall–Kier alpha value is -0.860. The number of hydrogen-bond donors (Lipinski definition) is 3. The van der Waals surface area contributed by atoms with Gasteiger partial charge in [0, 0.05) is 32.7 Å². The highest BCUT2D eigenvalue weighted by molar-refractivity contribution is 14.0.